The molecular formula is C32H44BNO7. The fraction of sp³-hybridized carbons (Fsp3) is 0.594. The Kier molecular flexibility index (Phi) is 10.1. The molecule has 3 N–H and O–H groups in total. The summed E-state index contributed by atoms with van der Waals surface area (Å²) in [6, 6.07) is 3.93. The van der Waals surface area contributed by atoms with Crippen LogP contribution in [-0.2, 0) is 19.0 Å². The Morgan fingerprint density at radius 1 is 1.10 bits per heavy atom. The van der Waals surface area contributed by atoms with Crippen LogP contribution in [0.15, 0.2) is 28.9 Å². The van der Waals surface area contributed by atoms with Crippen LogP contribution in [0.2, 0.25) is 6.32 Å². The van der Waals surface area contributed by atoms with Crippen molar-refractivity contribution in [2.75, 3.05) is 6.54 Å². The summed E-state index contributed by atoms with van der Waals surface area (Å²) in [6.45, 7) is 8.28. The summed E-state index contributed by atoms with van der Waals surface area (Å²) < 4.78 is 6.12. The minimum Gasteiger partial charge on any atom is -0.507 e. The summed E-state index contributed by atoms with van der Waals surface area (Å²) in [5.41, 5.74) is 6.17. The zero-order chi connectivity index (χ0) is 29.8. The second kappa shape index (κ2) is 13.4. The summed E-state index contributed by atoms with van der Waals surface area (Å²) in [7, 11) is -0.991. The molecule has 41 heavy (non-hydrogen) atoms. The number of aromatic hydroxyl groups is 1. The van der Waals surface area contributed by atoms with E-state index in [1.54, 1.807) is 0 Å². The minimum atomic E-state index is -0.991. The smallest absolute Gasteiger partial charge is 0.455 e. The van der Waals surface area contributed by atoms with Crippen molar-refractivity contribution in [2.24, 2.45) is 17.8 Å². The zero-order valence-electron chi connectivity index (χ0n) is 24.8. The molecule has 0 radical (unpaired) electrons. The number of aliphatic carboxylic acids is 1. The largest absolute Gasteiger partial charge is 0.507 e. The van der Waals surface area contributed by atoms with Gasteiger partial charge in [-0.15, -0.1) is 0 Å². The van der Waals surface area contributed by atoms with E-state index in [-0.39, 0.29) is 30.3 Å². The molecule has 9 heteroatoms. The Morgan fingerprint density at radius 3 is 2.46 bits per heavy atom. The molecule has 222 valence electrons. The van der Waals surface area contributed by atoms with E-state index in [0.29, 0.717) is 50.7 Å². The number of carboxylic acids is 1. The van der Waals surface area contributed by atoms with Gasteiger partial charge in [0.05, 0.1) is 17.9 Å². The highest BCUT2D eigenvalue weighted by Crippen LogP contribution is 2.51. The Balaban J connectivity index is 1.51. The van der Waals surface area contributed by atoms with E-state index < -0.39 is 24.9 Å². The number of nitrogens with zero attached hydrogens (tertiary/aromatic N) is 1. The van der Waals surface area contributed by atoms with Gasteiger partial charge in [-0.3, -0.25) is 19.3 Å². The van der Waals surface area contributed by atoms with Gasteiger partial charge in [0.2, 0.25) is 11.8 Å². The van der Waals surface area contributed by atoms with E-state index >= 15 is 0 Å². The van der Waals surface area contributed by atoms with E-state index in [1.807, 2.05) is 26.0 Å². The van der Waals surface area contributed by atoms with Crippen molar-refractivity contribution in [3.63, 3.8) is 0 Å². The number of amides is 2. The van der Waals surface area contributed by atoms with Gasteiger partial charge in [-0.2, -0.15) is 0 Å². The van der Waals surface area contributed by atoms with Crippen LogP contribution in [0.25, 0.3) is 6.08 Å². The van der Waals surface area contributed by atoms with Gasteiger partial charge in [0, 0.05) is 13.0 Å². The minimum absolute atomic E-state index is 0.0883. The van der Waals surface area contributed by atoms with Gasteiger partial charge >= 0.3 is 13.1 Å². The van der Waals surface area contributed by atoms with Crippen molar-refractivity contribution >= 4 is 31.0 Å². The number of carboxylic acid groups (broad SMARTS) is 1. The molecule has 2 heterocycles. The number of carbonyl (C=O) groups is 3. The molecule has 4 rings (SSSR count). The summed E-state index contributed by atoms with van der Waals surface area (Å²) >= 11 is 0. The van der Waals surface area contributed by atoms with Crippen LogP contribution in [0, 0.1) is 31.6 Å². The third-order valence-electron chi connectivity index (χ3n) is 8.95. The number of phenolic OH excluding ortho intramolecular Hbond substituents is 1. The number of unbranched alkanes of at least 4 members (excludes halogenated alkanes) is 2. The quantitative estimate of drug-likeness (QED) is 0.134. The number of aryl methyl sites for hydroxylation is 2. The van der Waals surface area contributed by atoms with Crippen LogP contribution in [0.3, 0.4) is 0 Å². The highest BCUT2D eigenvalue weighted by molar-refractivity contribution is 6.43. The van der Waals surface area contributed by atoms with Crippen LogP contribution >= 0.6 is 0 Å². The Labute approximate surface area is 243 Å². The summed E-state index contributed by atoms with van der Waals surface area (Å²) in [5, 5.41) is 29.7. The molecule has 0 bridgehead atoms. The molecule has 4 atom stereocenters. The highest BCUT2D eigenvalue weighted by atomic mass is 16.5. The molecule has 0 spiro atoms. The molecule has 1 aromatic rings. The van der Waals surface area contributed by atoms with E-state index in [2.05, 4.69) is 19.9 Å². The maximum atomic E-state index is 13.6. The first-order valence-corrected chi connectivity index (χ1v) is 15.1. The average Bonchev–Trinajstić information content (AvgIpc) is 3.14. The molecule has 8 nitrogen and oxygen atoms in total. The normalized spacial score (nSPS) is 24.7. The Hall–Kier alpha value is -2.91. The molecule has 2 fully saturated rings. The number of fused-ring (bicyclic) bond motifs is 3. The van der Waals surface area contributed by atoms with Gasteiger partial charge < -0.3 is 19.9 Å². The van der Waals surface area contributed by atoms with Crippen LogP contribution < -0.4 is 0 Å². The number of carbonyl (C=O) groups excluding carboxylic acids is 2. The van der Waals surface area contributed by atoms with E-state index in [4.69, 9.17) is 9.76 Å². The average molecular weight is 566 g/mol. The molecule has 2 amide bonds. The number of hydrogen-bond donors (Lipinski definition) is 3. The molecule has 2 saturated heterocycles. The Bertz CT molecular complexity index is 1220. The molecule has 0 aromatic heterocycles. The fourth-order valence-electron chi connectivity index (χ4n) is 7.10. The van der Waals surface area contributed by atoms with Crippen molar-refractivity contribution in [2.45, 2.75) is 97.9 Å². The molecule has 0 unspecified atom stereocenters. The molecule has 1 aliphatic carbocycles. The number of hydrogen-bond acceptors (Lipinski definition) is 6. The number of phenols is 1. The van der Waals surface area contributed by atoms with Crippen molar-refractivity contribution in [1.82, 2.24) is 4.90 Å². The number of rotatable bonds is 12. The highest BCUT2D eigenvalue weighted by Gasteiger charge is 2.56. The van der Waals surface area contributed by atoms with Crippen LogP contribution in [0.1, 0.15) is 88.3 Å². The lowest BCUT2D eigenvalue weighted by Crippen LogP contribution is -2.46. The maximum absolute atomic E-state index is 13.6. The predicted molar refractivity (Wildman–Crippen MR) is 158 cm³/mol. The van der Waals surface area contributed by atoms with Gasteiger partial charge in [-0.25, -0.2) is 0 Å². The first-order valence-electron chi connectivity index (χ1n) is 15.1. The first kappa shape index (κ1) is 31.0. The zero-order valence-corrected chi connectivity index (χ0v) is 24.8. The van der Waals surface area contributed by atoms with Crippen LogP contribution in [-0.4, -0.2) is 57.7 Å². The monoisotopic (exact) mass is 565 g/mol. The molecular weight excluding hydrogens is 521 g/mol. The van der Waals surface area contributed by atoms with Crippen molar-refractivity contribution < 1.29 is 34.3 Å². The second-order valence-electron chi connectivity index (χ2n) is 12.1. The number of likely N-dealkylation sites (tertiary alicyclic amines) is 1. The van der Waals surface area contributed by atoms with Gasteiger partial charge in [0.25, 0.3) is 0 Å². The van der Waals surface area contributed by atoms with Crippen molar-refractivity contribution in [3.05, 3.63) is 45.5 Å². The van der Waals surface area contributed by atoms with Gasteiger partial charge in [-0.05, 0) is 106 Å². The third kappa shape index (κ3) is 6.95. The van der Waals surface area contributed by atoms with E-state index in [0.717, 1.165) is 47.1 Å². The van der Waals surface area contributed by atoms with E-state index in [1.165, 1.54) is 10.5 Å². The number of imide groups is 1. The van der Waals surface area contributed by atoms with Crippen molar-refractivity contribution in [1.29, 1.82) is 0 Å². The SMILES string of the molecule is CCCC1=C2[C@@H](CC/C(C)=C/c3cc(C)c(O)c(C)c3)OB(O)C[C@@H]2[C@@H]2C(=O)N(CCCCCC(=O)O)C(=O)[C@@H]2C1. The number of allylic oxidation sites excluding steroid dienone is 2. The lowest BCUT2D eigenvalue weighted by atomic mass is 9.58. The molecule has 1 aromatic carbocycles. The van der Waals surface area contributed by atoms with Crippen LogP contribution in [0.4, 0.5) is 0 Å². The molecule has 2 aliphatic heterocycles. The topological polar surface area (TPSA) is 124 Å². The second-order valence-corrected chi connectivity index (χ2v) is 12.1. The lowest BCUT2D eigenvalue weighted by molar-refractivity contribution is -0.141. The van der Waals surface area contributed by atoms with Crippen molar-refractivity contribution in [3.8, 4) is 5.75 Å². The fourth-order valence-corrected chi connectivity index (χ4v) is 7.10. The summed E-state index contributed by atoms with van der Waals surface area (Å²) in [4.78, 5) is 39.3. The summed E-state index contributed by atoms with van der Waals surface area (Å²) in [5.74, 6) is -1.89. The molecule has 0 saturated carbocycles. The number of benzene rings is 1. The standard InChI is InChI=1S/C32H44BNO7/c1-5-9-23-17-24-29(32(39)34(31(24)38)13-8-6-7-10-27(35)36)25-18-33(40)41-26(28(23)25)12-11-19(2)14-22-15-20(3)30(37)21(4)16-22/h14-16,24-26,29,37,40H,5-13,17-18H2,1-4H3,(H,35,36)/b19-14+/t24-,25+,26-,29-/m1/s1. The van der Waals surface area contributed by atoms with E-state index in [9.17, 15) is 24.5 Å². The van der Waals surface area contributed by atoms with Gasteiger partial charge in [0.15, 0.2) is 0 Å². The first-order chi connectivity index (χ1) is 19.5. The summed E-state index contributed by atoms with van der Waals surface area (Å²) in [6.07, 6.45) is 7.70. The Morgan fingerprint density at radius 2 is 1.80 bits per heavy atom. The van der Waals surface area contributed by atoms with Crippen LogP contribution in [0.5, 0.6) is 5.75 Å². The third-order valence-corrected chi connectivity index (χ3v) is 8.95. The predicted octanol–water partition coefficient (Wildman–Crippen LogP) is 5.43. The van der Waals surface area contributed by atoms with Gasteiger partial charge in [-0.1, -0.05) is 37.0 Å². The lowest BCUT2D eigenvalue weighted by Gasteiger charge is -2.43. The molecule has 3 aliphatic rings. The maximum Gasteiger partial charge on any atom is 0.455 e. The van der Waals surface area contributed by atoms with Gasteiger partial charge in [0.1, 0.15) is 5.75 Å².